The Labute approximate surface area is 188 Å². The quantitative estimate of drug-likeness (QED) is 0.563. The molecule has 31 heavy (non-hydrogen) atoms. The van der Waals surface area contributed by atoms with Gasteiger partial charge in [-0.15, -0.1) is 4.72 Å². The van der Waals surface area contributed by atoms with Gasteiger partial charge in [-0.25, -0.2) is 12.4 Å². The topological polar surface area (TPSA) is 74.2 Å². The van der Waals surface area contributed by atoms with Gasteiger partial charge in [0.25, 0.3) is 10.0 Å². The molecule has 2 aromatic carbocycles. The van der Waals surface area contributed by atoms with Crippen LogP contribution in [0.2, 0.25) is 0 Å². The lowest BCUT2D eigenvalue weighted by Crippen LogP contribution is -2.42. The Morgan fingerprint density at radius 1 is 1.06 bits per heavy atom. The zero-order chi connectivity index (χ0) is 22.6. The van der Waals surface area contributed by atoms with Crippen LogP contribution < -0.4 is 4.72 Å². The fourth-order valence-electron chi connectivity index (χ4n) is 4.21. The molecule has 3 aromatic rings. The van der Waals surface area contributed by atoms with Gasteiger partial charge in [-0.2, -0.15) is 0 Å². The number of fused-ring (bicyclic) bond motifs is 3. The van der Waals surface area contributed by atoms with Crippen LogP contribution in [0.15, 0.2) is 47.4 Å². The van der Waals surface area contributed by atoms with Crippen LogP contribution in [0.25, 0.3) is 10.9 Å². The Morgan fingerprint density at radius 2 is 1.71 bits per heavy atom. The Kier molecular flexibility index (Phi) is 5.75. The van der Waals surface area contributed by atoms with Crippen LogP contribution >= 0.6 is 0 Å². The summed E-state index contributed by atoms with van der Waals surface area (Å²) in [6.07, 6.45) is 2.34. The third-order valence-corrected chi connectivity index (χ3v) is 9.21. The standard InChI is InChI=1S/C24H30N2O3S2/c1-16-9-12-18(13-10-16)31(28,29)26-21-14-11-17(2)15-19(21)23-20(7-6-8-22(23)26)25-30(27)24(3,4)5/h9-15,20,25H,6-8H2,1-5H3/t20-,30?/m0/s1. The molecule has 0 spiro atoms. The molecular weight excluding hydrogens is 428 g/mol. The maximum Gasteiger partial charge on any atom is 0.268 e. The van der Waals surface area contributed by atoms with Crippen molar-refractivity contribution in [3.8, 4) is 0 Å². The molecule has 0 saturated carbocycles. The molecule has 7 heteroatoms. The maximum atomic E-state index is 13.7. The van der Waals surface area contributed by atoms with Crippen molar-refractivity contribution in [2.75, 3.05) is 0 Å². The number of nitrogens with zero attached hydrogens (tertiary/aromatic N) is 1. The zero-order valence-electron chi connectivity index (χ0n) is 18.7. The van der Waals surface area contributed by atoms with E-state index in [4.69, 9.17) is 0 Å². The predicted octanol–water partition coefficient (Wildman–Crippen LogP) is 4.92. The second-order valence-electron chi connectivity index (χ2n) is 9.41. The molecule has 0 fully saturated rings. The van der Waals surface area contributed by atoms with Crippen LogP contribution in [0, 0.1) is 13.8 Å². The second kappa shape index (κ2) is 7.96. The summed E-state index contributed by atoms with van der Waals surface area (Å²) >= 11 is -1.25. The van der Waals surface area contributed by atoms with Gasteiger partial charge in [-0.1, -0.05) is 29.3 Å². The van der Waals surface area contributed by atoms with Gasteiger partial charge in [0, 0.05) is 28.0 Å². The lowest BCUT2D eigenvalue weighted by atomic mass is 9.91. The van der Waals surface area contributed by atoms with E-state index in [1.54, 1.807) is 12.1 Å². The summed E-state index contributed by atoms with van der Waals surface area (Å²) in [4.78, 5) is 0.284. The highest BCUT2D eigenvalue weighted by Crippen LogP contribution is 2.41. The molecule has 0 bridgehead atoms. The summed E-state index contributed by atoms with van der Waals surface area (Å²) in [5.74, 6) is 0. The van der Waals surface area contributed by atoms with Gasteiger partial charge in [0.1, 0.15) is 4.75 Å². The minimum Gasteiger partial charge on any atom is -0.598 e. The molecule has 4 rings (SSSR count). The number of aromatic nitrogens is 1. The Balaban J connectivity index is 1.94. The Bertz CT molecular complexity index is 1220. The summed E-state index contributed by atoms with van der Waals surface area (Å²) in [5.41, 5.74) is 4.55. The summed E-state index contributed by atoms with van der Waals surface area (Å²) in [5, 5.41) is 0.925. The van der Waals surface area contributed by atoms with Gasteiger partial charge in [-0.3, -0.25) is 0 Å². The van der Waals surface area contributed by atoms with Crippen molar-refractivity contribution < 1.29 is 13.0 Å². The number of rotatable bonds is 4. The number of hydrogen-bond donors (Lipinski definition) is 1. The van der Waals surface area contributed by atoms with Crippen LogP contribution in [-0.2, 0) is 27.8 Å². The smallest absolute Gasteiger partial charge is 0.268 e. The van der Waals surface area contributed by atoms with Crippen LogP contribution in [0.1, 0.15) is 62.0 Å². The molecule has 1 unspecified atom stereocenters. The van der Waals surface area contributed by atoms with E-state index < -0.39 is 26.1 Å². The van der Waals surface area contributed by atoms with E-state index in [-0.39, 0.29) is 10.9 Å². The highest BCUT2D eigenvalue weighted by atomic mass is 32.2. The van der Waals surface area contributed by atoms with Crippen molar-refractivity contribution >= 4 is 32.3 Å². The number of hydrogen-bond acceptors (Lipinski definition) is 4. The molecule has 1 aliphatic rings. The van der Waals surface area contributed by atoms with Crippen LogP contribution in [0.4, 0.5) is 0 Å². The first-order valence-corrected chi connectivity index (χ1v) is 13.2. The minimum atomic E-state index is -3.76. The first kappa shape index (κ1) is 22.4. The van der Waals surface area contributed by atoms with Crippen LogP contribution in [-0.4, -0.2) is 21.7 Å². The van der Waals surface area contributed by atoms with E-state index in [9.17, 15) is 13.0 Å². The molecule has 1 heterocycles. The average molecular weight is 459 g/mol. The molecule has 5 nitrogen and oxygen atoms in total. The van der Waals surface area contributed by atoms with E-state index in [1.165, 1.54) is 3.97 Å². The zero-order valence-corrected chi connectivity index (χ0v) is 20.4. The number of nitrogens with one attached hydrogen (secondary N) is 1. The highest BCUT2D eigenvalue weighted by Gasteiger charge is 2.36. The van der Waals surface area contributed by atoms with Gasteiger partial charge in [0.2, 0.25) is 0 Å². The lowest BCUT2D eigenvalue weighted by molar-refractivity contribution is 0.488. The number of benzene rings is 2. The van der Waals surface area contributed by atoms with Crippen molar-refractivity contribution in [1.82, 2.24) is 8.69 Å². The Hall–Kier alpha value is -1.80. The van der Waals surface area contributed by atoms with Gasteiger partial charge in [0.05, 0.1) is 16.5 Å². The Morgan fingerprint density at radius 3 is 2.35 bits per heavy atom. The average Bonchev–Trinajstić information content (AvgIpc) is 3.02. The first-order chi connectivity index (χ1) is 14.5. The first-order valence-electron chi connectivity index (χ1n) is 10.6. The third kappa shape index (κ3) is 4.04. The van der Waals surface area contributed by atoms with Crippen molar-refractivity contribution in [3.63, 3.8) is 0 Å². The van der Waals surface area contributed by atoms with Crippen molar-refractivity contribution in [1.29, 1.82) is 0 Å². The molecule has 1 aromatic heterocycles. The molecule has 1 N–H and O–H groups in total. The lowest BCUT2D eigenvalue weighted by Gasteiger charge is -2.30. The van der Waals surface area contributed by atoms with Crippen molar-refractivity contribution in [3.05, 3.63) is 64.8 Å². The van der Waals surface area contributed by atoms with E-state index in [0.29, 0.717) is 11.9 Å². The molecule has 0 amide bonds. The summed E-state index contributed by atoms with van der Waals surface area (Å²) < 4.78 is 44.8. The van der Waals surface area contributed by atoms with Crippen molar-refractivity contribution in [2.45, 2.75) is 69.6 Å². The van der Waals surface area contributed by atoms with E-state index >= 15 is 0 Å². The molecule has 0 saturated heterocycles. The normalized spacial score (nSPS) is 18.2. The molecule has 2 atom stereocenters. The van der Waals surface area contributed by atoms with Gasteiger partial charge < -0.3 is 4.55 Å². The van der Waals surface area contributed by atoms with Gasteiger partial charge >= 0.3 is 0 Å². The molecule has 0 aliphatic heterocycles. The molecule has 1 aliphatic carbocycles. The summed E-state index contributed by atoms with van der Waals surface area (Å²) in [6, 6.07) is 12.7. The third-order valence-electron chi connectivity index (χ3n) is 5.84. The van der Waals surface area contributed by atoms with Gasteiger partial charge in [-0.05, 0) is 78.1 Å². The fourth-order valence-corrected chi connectivity index (χ4v) is 6.65. The second-order valence-corrected chi connectivity index (χ2v) is 13.2. The number of aryl methyl sites for hydroxylation is 2. The van der Waals surface area contributed by atoms with E-state index in [0.717, 1.165) is 40.6 Å². The summed E-state index contributed by atoms with van der Waals surface area (Å²) in [6.45, 7) is 9.77. The fraction of sp³-hybridized carbons (Fsp3) is 0.417. The van der Waals surface area contributed by atoms with Crippen LogP contribution in [0.5, 0.6) is 0 Å². The van der Waals surface area contributed by atoms with Crippen LogP contribution in [0.3, 0.4) is 0 Å². The van der Waals surface area contributed by atoms with E-state index in [1.807, 2.05) is 58.9 Å². The monoisotopic (exact) mass is 458 g/mol. The molecule has 0 radical (unpaired) electrons. The maximum absolute atomic E-state index is 13.7. The van der Waals surface area contributed by atoms with Crippen molar-refractivity contribution in [2.24, 2.45) is 0 Å². The molecular formula is C24H30N2O3S2. The van der Waals surface area contributed by atoms with Gasteiger partial charge in [0.15, 0.2) is 0 Å². The minimum absolute atomic E-state index is 0.150. The predicted molar refractivity (Wildman–Crippen MR) is 127 cm³/mol. The SMILES string of the molecule is Cc1ccc(S(=O)(=O)n2c3c(c4cc(C)ccc42)[C@@H](N[S+]([O-])C(C)(C)C)CCC3)cc1. The van der Waals surface area contributed by atoms with E-state index in [2.05, 4.69) is 10.8 Å². The summed E-state index contributed by atoms with van der Waals surface area (Å²) in [7, 11) is -3.76. The largest absolute Gasteiger partial charge is 0.598 e. The highest BCUT2D eigenvalue weighted by molar-refractivity contribution is 7.91. The molecule has 166 valence electrons.